The first-order valence-electron chi connectivity index (χ1n) is 4.81. The van der Waals surface area contributed by atoms with Gasteiger partial charge in [-0.2, -0.15) is 0 Å². The van der Waals surface area contributed by atoms with Crippen LogP contribution < -0.4 is 5.32 Å². The third-order valence-electron chi connectivity index (χ3n) is 2.77. The number of carbonyl (C=O) groups is 3. The third-order valence-corrected chi connectivity index (χ3v) is 2.77. The molecule has 2 rings (SSSR count). The molecule has 5 nitrogen and oxygen atoms in total. The van der Waals surface area contributed by atoms with Crippen LogP contribution in [0.4, 0.5) is 4.79 Å². The van der Waals surface area contributed by atoms with Gasteiger partial charge < -0.3 is 0 Å². The van der Waals surface area contributed by atoms with Crippen molar-refractivity contribution in [3.8, 4) is 0 Å². The number of barbiturate groups is 1. The number of amides is 4. The number of hydrogen-bond acceptors (Lipinski definition) is 3. The molecule has 0 bridgehead atoms. The maximum Gasteiger partial charge on any atom is 0.330 e. The molecule has 0 aromatic heterocycles. The summed E-state index contributed by atoms with van der Waals surface area (Å²) in [5.41, 5.74) is 0. The fourth-order valence-corrected chi connectivity index (χ4v) is 1.70. The number of carbonyl (C=O) groups excluding carboxylic acids is 3. The van der Waals surface area contributed by atoms with E-state index in [1.807, 2.05) is 0 Å². The maximum atomic E-state index is 11.3. The Kier molecular flexibility index (Phi) is 4.31. The average Bonchev–Trinajstić information content (AvgIpc) is 1.98. The van der Waals surface area contributed by atoms with E-state index in [1.54, 1.807) is 0 Å². The van der Waals surface area contributed by atoms with Crippen molar-refractivity contribution in [1.82, 2.24) is 10.2 Å². The summed E-state index contributed by atoms with van der Waals surface area (Å²) in [6.45, 7) is 0.470. The first kappa shape index (κ1) is 12.7. The number of rotatable bonds is 2. The van der Waals surface area contributed by atoms with E-state index in [4.69, 9.17) is 0 Å². The minimum Gasteiger partial charge on any atom is -0.277 e. The van der Waals surface area contributed by atoms with Crippen molar-refractivity contribution in [1.29, 1.82) is 0 Å². The van der Waals surface area contributed by atoms with E-state index in [-0.39, 0.29) is 41.9 Å². The maximum absolute atomic E-state index is 11.3. The Hall–Kier alpha value is -0.390. The van der Waals surface area contributed by atoms with Crippen molar-refractivity contribution in [3.05, 3.63) is 0 Å². The summed E-state index contributed by atoms with van der Waals surface area (Å²) in [5.74, 6) is -0.423. The molecule has 0 aromatic carbocycles. The van der Waals surface area contributed by atoms with E-state index in [0.717, 1.165) is 17.7 Å². The second-order valence-electron chi connectivity index (χ2n) is 3.83. The van der Waals surface area contributed by atoms with Gasteiger partial charge in [-0.25, -0.2) is 4.79 Å². The predicted molar refractivity (Wildman–Crippen MR) is 53.0 cm³/mol. The van der Waals surface area contributed by atoms with Crippen LogP contribution in [0.2, 0.25) is 0 Å². The molecule has 2 fully saturated rings. The van der Waals surface area contributed by atoms with Gasteiger partial charge >= 0.3 is 6.03 Å². The Morgan fingerprint density at radius 3 is 2.40 bits per heavy atom. The first-order valence-corrected chi connectivity index (χ1v) is 4.81. The topological polar surface area (TPSA) is 66.5 Å². The molecule has 0 atom stereocenters. The Bertz CT molecular complexity index is 282. The minimum absolute atomic E-state index is 0. The van der Waals surface area contributed by atoms with Crippen LogP contribution in [0.1, 0.15) is 25.7 Å². The Morgan fingerprint density at radius 1 is 1.27 bits per heavy atom. The van der Waals surface area contributed by atoms with Crippen molar-refractivity contribution in [2.24, 2.45) is 5.92 Å². The van der Waals surface area contributed by atoms with Gasteiger partial charge in [0.15, 0.2) is 0 Å². The molecule has 4 amide bonds. The number of urea groups is 1. The van der Waals surface area contributed by atoms with Gasteiger partial charge in [-0.3, -0.25) is 19.8 Å². The van der Waals surface area contributed by atoms with Crippen molar-refractivity contribution >= 4 is 47.4 Å². The summed E-state index contributed by atoms with van der Waals surface area (Å²) in [7, 11) is 0. The van der Waals surface area contributed by atoms with Gasteiger partial charge in [0.05, 0.1) is 0 Å². The van der Waals surface area contributed by atoms with Gasteiger partial charge in [0, 0.05) is 36.1 Å². The molecule has 1 heterocycles. The predicted octanol–water partition coefficient (Wildman–Crippen LogP) is -0.126. The third kappa shape index (κ3) is 2.80. The zero-order valence-electron chi connectivity index (χ0n) is 8.78. The molecule has 1 N–H and O–H groups in total. The Labute approximate surface area is 110 Å². The standard InChI is InChI=1S/C9H12N2O3.Na/c12-7-4-8(13)11(9(14)10-7)5-6-2-1-3-6;/h6H,1-5H2,(H,10,12,14);. The SMILES string of the molecule is O=C1CC(=O)N(CC2CCC2)C(=O)N1.[Na]. The number of imide groups is 2. The van der Waals surface area contributed by atoms with E-state index in [9.17, 15) is 14.4 Å². The summed E-state index contributed by atoms with van der Waals surface area (Å²) >= 11 is 0. The van der Waals surface area contributed by atoms with E-state index < -0.39 is 11.9 Å². The smallest absolute Gasteiger partial charge is 0.277 e. The summed E-state index contributed by atoms with van der Waals surface area (Å²) in [6.07, 6.45) is 3.13. The van der Waals surface area contributed by atoms with Crippen molar-refractivity contribution in [2.45, 2.75) is 25.7 Å². The largest absolute Gasteiger partial charge is 0.330 e. The number of hydrogen-bond donors (Lipinski definition) is 1. The molecule has 77 valence electrons. The van der Waals surface area contributed by atoms with E-state index in [2.05, 4.69) is 5.32 Å². The van der Waals surface area contributed by atoms with Crippen LogP contribution in [-0.4, -0.2) is 58.8 Å². The summed E-state index contributed by atoms with van der Waals surface area (Å²) < 4.78 is 0. The first-order chi connectivity index (χ1) is 6.66. The molecule has 0 unspecified atom stereocenters. The monoisotopic (exact) mass is 219 g/mol. The minimum atomic E-state index is -0.557. The summed E-state index contributed by atoms with van der Waals surface area (Å²) in [6, 6.07) is -0.557. The Morgan fingerprint density at radius 2 is 1.93 bits per heavy atom. The molecular weight excluding hydrogens is 207 g/mol. The summed E-state index contributed by atoms with van der Waals surface area (Å²) in [4.78, 5) is 34.6. The number of nitrogens with one attached hydrogen (secondary N) is 1. The molecule has 6 heteroatoms. The Balaban J connectivity index is 0.00000112. The normalized spacial score (nSPS) is 21.9. The van der Waals surface area contributed by atoms with Gasteiger partial charge in [-0.1, -0.05) is 6.42 Å². The van der Waals surface area contributed by atoms with Gasteiger partial charge in [0.2, 0.25) is 11.8 Å². The molecule has 1 aliphatic heterocycles. The summed E-state index contributed by atoms with van der Waals surface area (Å²) in [5, 5.41) is 2.14. The van der Waals surface area contributed by atoms with Crippen LogP contribution in [0, 0.1) is 5.92 Å². The van der Waals surface area contributed by atoms with E-state index in [0.29, 0.717) is 12.5 Å². The van der Waals surface area contributed by atoms with Crippen LogP contribution in [0.3, 0.4) is 0 Å². The van der Waals surface area contributed by atoms with E-state index >= 15 is 0 Å². The van der Waals surface area contributed by atoms with Crippen LogP contribution in [-0.2, 0) is 9.59 Å². The average molecular weight is 219 g/mol. The van der Waals surface area contributed by atoms with Gasteiger partial charge in [0.25, 0.3) is 0 Å². The second kappa shape index (κ2) is 5.09. The molecule has 2 aliphatic rings. The van der Waals surface area contributed by atoms with Crippen molar-refractivity contribution in [3.63, 3.8) is 0 Å². The molecule has 1 saturated carbocycles. The van der Waals surface area contributed by atoms with Gasteiger partial charge in [-0.05, 0) is 18.8 Å². The molecule has 1 saturated heterocycles. The van der Waals surface area contributed by atoms with Crippen LogP contribution in [0.5, 0.6) is 0 Å². The molecule has 15 heavy (non-hydrogen) atoms. The van der Waals surface area contributed by atoms with Crippen LogP contribution in [0.25, 0.3) is 0 Å². The molecule has 0 spiro atoms. The van der Waals surface area contributed by atoms with E-state index in [1.165, 1.54) is 6.42 Å². The fourth-order valence-electron chi connectivity index (χ4n) is 1.70. The zero-order chi connectivity index (χ0) is 10.1. The van der Waals surface area contributed by atoms with Gasteiger partial charge in [0.1, 0.15) is 6.42 Å². The molecule has 1 aliphatic carbocycles. The molecule has 0 aromatic rings. The zero-order valence-corrected chi connectivity index (χ0v) is 10.8. The van der Waals surface area contributed by atoms with Crippen LogP contribution >= 0.6 is 0 Å². The molecular formula is C9H12N2NaO3. The fraction of sp³-hybridized carbons (Fsp3) is 0.667. The quantitative estimate of drug-likeness (QED) is 0.520. The van der Waals surface area contributed by atoms with Gasteiger partial charge in [-0.15, -0.1) is 0 Å². The van der Waals surface area contributed by atoms with Crippen molar-refractivity contribution in [2.75, 3.05) is 6.54 Å². The number of nitrogens with zero attached hydrogens (tertiary/aromatic N) is 1. The van der Waals surface area contributed by atoms with Crippen LogP contribution in [0.15, 0.2) is 0 Å². The molecule has 1 radical (unpaired) electrons. The second-order valence-corrected chi connectivity index (χ2v) is 3.83. The van der Waals surface area contributed by atoms with Crippen molar-refractivity contribution < 1.29 is 14.4 Å².